The second-order valence-corrected chi connectivity index (χ2v) is 5.62. The van der Waals surface area contributed by atoms with Gasteiger partial charge < -0.3 is 19.7 Å². The summed E-state index contributed by atoms with van der Waals surface area (Å²) in [6.07, 6.45) is 0.554. The van der Waals surface area contributed by atoms with Crippen LogP contribution in [0.3, 0.4) is 0 Å². The highest BCUT2D eigenvalue weighted by Crippen LogP contribution is 2.35. The Morgan fingerprint density at radius 2 is 2.09 bits per heavy atom. The number of carbonyl (C=O) groups is 2. The van der Waals surface area contributed by atoms with Gasteiger partial charge in [-0.05, 0) is 12.1 Å². The number of ether oxygens (including phenoxy) is 2. The Kier molecular flexibility index (Phi) is 4.38. The Hall–Kier alpha value is -1.95. The highest BCUT2D eigenvalue weighted by Gasteiger charge is 2.32. The number of nitrogens with one attached hydrogen (secondary N) is 1. The molecule has 1 fully saturated rings. The summed E-state index contributed by atoms with van der Waals surface area (Å²) in [6.45, 7) is 1.48. The molecule has 0 aliphatic carbocycles. The number of nitrogens with zero attached hydrogens (tertiary/aromatic N) is 1. The standard InChI is InChI=1S/C15H17ClN2O4/c16-4-3-14(19)17-10-7-15(20)18(9-10)11-1-2-12-13(8-11)22-6-5-21-12/h1-2,8,10H,3-7,9H2,(H,17,19). The maximum Gasteiger partial charge on any atom is 0.229 e. The van der Waals surface area contributed by atoms with E-state index in [9.17, 15) is 9.59 Å². The fourth-order valence-electron chi connectivity index (χ4n) is 2.64. The van der Waals surface area contributed by atoms with Gasteiger partial charge in [0.05, 0.1) is 6.04 Å². The average molecular weight is 325 g/mol. The molecule has 6 nitrogen and oxygen atoms in total. The van der Waals surface area contributed by atoms with Crippen molar-refractivity contribution in [3.05, 3.63) is 18.2 Å². The van der Waals surface area contributed by atoms with Crippen LogP contribution in [0.15, 0.2) is 18.2 Å². The summed E-state index contributed by atoms with van der Waals surface area (Å²) in [5, 5.41) is 2.83. The Labute approximate surface area is 133 Å². The van der Waals surface area contributed by atoms with E-state index in [1.807, 2.05) is 6.07 Å². The maximum absolute atomic E-state index is 12.2. The predicted molar refractivity (Wildman–Crippen MR) is 81.7 cm³/mol. The van der Waals surface area contributed by atoms with Gasteiger partial charge in [0, 0.05) is 37.0 Å². The molecule has 1 aromatic rings. The lowest BCUT2D eigenvalue weighted by atomic mass is 10.2. The van der Waals surface area contributed by atoms with E-state index in [0.717, 1.165) is 5.69 Å². The monoisotopic (exact) mass is 324 g/mol. The lowest BCUT2D eigenvalue weighted by Crippen LogP contribution is -2.37. The van der Waals surface area contributed by atoms with Crippen LogP contribution in [0.25, 0.3) is 0 Å². The Morgan fingerprint density at radius 1 is 1.32 bits per heavy atom. The van der Waals surface area contributed by atoms with Crippen LogP contribution in [-0.2, 0) is 9.59 Å². The molecule has 2 amide bonds. The molecule has 2 aliphatic rings. The highest BCUT2D eigenvalue weighted by molar-refractivity contribution is 6.18. The highest BCUT2D eigenvalue weighted by atomic mass is 35.5. The molecule has 7 heteroatoms. The Bertz CT molecular complexity index is 593. The first kappa shape index (κ1) is 15.0. The first-order valence-corrected chi connectivity index (χ1v) is 7.76. The molecule has 1 atom stereocenters. The number of alkyl halides is 1. The summed E-state index contributed by atoms with van der Waals surface area (Å²) < 4.78 is 11.0. The molecule has 1 aromatic carbocycles. The first-order chi connectivity index (χ1) is 10.7. The smallest absolute Gasteiger partial charge is 0.229 e. The number of hydrogen-bond acceptors (Lipinski definition) is 4. The van der Waals surface area contributed by atoms with Gasteiger partial charge in [-0.2, -0.15) is 0 Å². The first-order valence-electron chi connectivity index (χ1n) is 7.22. The van der Waals surface area contributed by atoms with Crippen LogP contribution in [0.4, 0.5) is 5.69 Å². The van der Waals surface area contributed by atoms with Crippen LogP contribution in [0.5, 0.6) is 11.5 Å². The molecule has 118 valence electrons. The summed E-state index contributed by atoms with van der Waals surface area (Å²) in [5.41, 5.74) is 0.753. The minimum atomic E-state index is -0.184. The summed E-state index contributed by atoms with van der Waals surface area (Å²) in [4.78, 5) is 25.4. The van der Waals surface area contributed by atoms with Gasteiger partial charge in [-0.25, -0.2) is 0 Å². The lowest BCUT2D eigenvalue weighted by molar-refractivity contribution is -0.121. The average Bonchev–Trinajstić information content (AvgIpc) is 2.87. The third-order valence-corrected chi connectivity index (χ3v) is 3.84. The van der Waals surface area contributed by atoms with E-state index >= 15 is 0 Å². The minimum absolute atomic E-state index is 0.0205. The Balaban J connectivity index is 1.70. The van der Waals surface area contributed by atoms with Gasteiger partial charge in [-0.1, -0.05) is 0 Å². The minimum Gasteiger partial charge on any atom is -0.486 e. The lowest BCUT2D eigenvalue weighted by Gasteiger charge is -2.22. The number of benzene rings is 1. The van der Waals surface area contributed by atoms with Gasteiger partial charge in [0.25, 0.3) is 0 Å². The summed E-state index contributed by atoms with van der Waals surface area (Å²) in [6, 6.07) is 5.25. The van der Waals surface area contributed by atoms with E-state index in [1.54, 1.807) is 17.0 Å². The maximum atomic E-state index is 12.2. The van der Waals surface area contributed by atoms with Gasteiger partial charge in [0.15, 0.2) is 11.5 Å². The van der Waals surface area contributed by atoms with Crippen molar-refractivity contribution in [1.82, 2.24) is 5.32 Å². The third-order valence-electron chi connectivity index (χ3n) is 3.65. The van der Waals surface area contributed by atoms with Crippen LogP contribution in [0, 0.1) is 0 Å². The number of rotatable bonds is 4. The zero-order valence-electron chi connectivity index (χ0n) is 12.0. The van der Waals surface area contributed by atoms with Crippen LogP contribution in [0.1, 0.15) is 12.8 Å². The molecule has 1 N–H and O–H groups in total. The van der Waals surface area contributed by atoms with E-state index in [1.165, 1.54) is 0 Å². The van der Waals surface area contributed by atoms with E-state index < -0.39 is 0 Å². The van der Waals surface area contributed by atoms with Crippen LogP contribution < -0.4 is 19.7 Å². The van der Waals surface area contributed by atoms with E-state index in [0.29, 0.717) is 37.7 Å². The number of anilines is 1. The zero-order valence-corrected chi connectivity index (χ0v) is 12.8. The number of carbonyl (C=O) groups excluding carboxylic acids is 2. The van der Waals surface area contributed by atoms with Crippen molar-refractivity contribution in [3.8, 4) is 11.5 Å². The van der Waals surface area contributed by atoms with E-state index in [2.05, 4.69) is 5.32 Å². The van der Waals surface area contributed by atoms with Crippen molar-refractivity contribution < 1.29 is 19.1 Å². The summed E-state index contributed by atoms with van der Waals surface area (Å²) in [5.74, 6) is 1.46. The molecule has 2 aliphatic heterocycles. The quantitative estimate of drug-likeness (QED) is 0.848. The summed E-state index contributed by atoms with van der Waals surface area (Å²) >= 11 is 5.54. The molecule has 1 saturated heterocycles. The molecule has 2 heterocycles. The largest absolute Gasteiger partial charge is 0.486 e. The topological polar surface area (TPSA) is 67.9 Å². The Morgan fingerprint density at radius 3 is 2.86 bits per heavy atom. The summed E-state index contributed by atoms with van der Waals surface area (Å²) in [7, 11) is 0. The van der Waals surface area contributed by atoms with Gasteiger partial charge in [0.2, 0.25) is 11.8 Å². The number of halogens is 1. The van der Waals surface area contributed by atoms with Crippen molar-refractivity contribution in [3.63, 3.8) is 0 Å². The van der Waals surface area contributed by atoms with Crippen LogP contribution >= 0.6 is 11.6 Å². The van der Waals surface area contributed by atoms with Crippen LogP contribution in [-0.4, -0.2) is 43.5 Å². The molecule has 0 saturated carbocycles. The van der Waals surface area contributed by atoms with Crippen molar-refractivity contribution in [2.45, 2.75) is 18.9 Å². The molecule has 22 heavy (non-hydrogen) atoms. The molecule has 0 spiro atoms. The molecule has 1 unspecified atom stereocenters. The molecule has 0 bridgehead atoms. The van der Waals surface area contributed by atoms with Crippen molar-refractivity contribution in [2.75, 3.05) is 30.5 Å². The third kappa shape index (κ3) is 3.11. The van der Waals surface area contributed by atoms with E-state index in [-0.39, 0.29) is 30.2 Å². The number of hydrogen-bond donors (Lipinski definition) is 1. The molecular formula is C15H17ClN2O4. The molecule has 0 aromatic heterocycles. The van der Waals surface area contributed by atoms with E-state index in [4.69, 9.17) is 21.1 Å². The molecular weight excluding hydrogens is 308 g/mol. The van der Waals surface area contributed by atoms with Gasteiger partial charge in [-0.15, -0.1) is 11.6 Å². The molecule has 0 radical (unpaired) electrons. The number of amides is 2. The molecule has 3 rings (SSSR count). The second kappa shape index (κ2) is 6.44. The van der Waals surface area contributed by atoms with Gasteiger partial charge >= 0.3 is 0 Å². The van der Waals surface area contributed by atoms with Crippen molar-refractivity contribution in [1.29, 1.82) is 0 Å². The number of fused-ring (bicyclic) bond motifs is 1. The van der Waals surface area contributed by atoms with Crippen LogP contribution in [0.2, 0.25) is 0 Å². The van der Waals surface area contributed by atoms with Gasteiger partial charge in [0.1, 0.15) is 13.2 Å². The zero-order chi connectivity index (χ0) is 15.5. The predicted octanol–water partition coefficient (Wildman–Crippen LogP) is 1.31. The fourth-order valence-corrected chi connectivity index (χ4v) is 2.81. The van der Waals surface area contributed by atoms with Crippen molar-refractivity contribution >= 4 is 29.1 Å². The second-order valence-electron chi connectivity index (χ2n) is 5.24. The van der Waals surface area contributed by atoms with Crippen molar-refractivity contribution in [2.24, 2.45) is 0 Å². The fraction of sp³-hybridized carbons (Fsp3) is 0.467. The van der Waals surface area contributed by atoms with Gasteiger partial charge in [-0.3, -0.25) is 9.59 Å². The SMILES string of the molecule is O=C(CCCl)NC1CC(=O)N(c2ccc3c(c2)OCCO3)C1. The normalized spacial score (nSPS) is 20.1.